The molecule has 7 nitrogen and oxygen atoms in total. The molecule has 1 aromatic heterocycles. The van der Waals surface area contributed by atoms with Crippen LogP contribution in [0.15, 0.2) is 76.8 Å². The molecule has 1 aliphatic heterocycles. The van der Waals surface area contributed by atoms with E-state index >= 15 is 4.39 Å². The molecule has 1 fully saturated rings. The van der Waals surface area contributed by atoms with Crippen LogP contribution in [0.2, 0.25) is 0 Å². The van der Waals surface area contributed by atoms with Gasteiger partial charge in [0.05, 0.1) is 22.3 Å². The molecule has 0 bridgehead atoms. The Hall–Kier alpha value is -4.26. The van der Waals surface area contributed by atoms with E-state index in [1.165, 1.54) is 36.5 Å². The van der Waals surface area contributed by atoms with Crippen LogP contribution in [-0.2, 0) is 33.8 Å². The number of nitrogens with two attached hydrogens (primary N) is 1. The summed E-state index contributed by atoms with van der Waals surface area (Å²) in [7, 11) is -0.994. The molecule has 0 amide bonds. The number of hydrogen-bond acceptors (Lipinski definition) is 5. The second kappa shape index (κ2) is 12.6. The van der Waals surface area contributed by atoms with Crippen LogP contribution in [-0.4, -0.2) is 45.8 Å². The first kappa shape index (κ1) is 32.1. The fourth-order valence-corrected chi connectivity index (χ4v) is 6.18. The van der Waals surface area contributed by atoms with Gasteiger partial charge < -0.3 is 20.0 Å². The Morgan fingerprint density at radius 3 is 2.22 bits per heavy atom. The summed E-state index contributed by atoms with van der Waals surface area (Å²) in [5.41, 5.74) is 5.94. The highest BCUT2D eigenvalue weighted by molar-refractivity contribution is 7.85. The van der Waals surface area contributed by atoms with Crippen molar-refractivity contribution in [1.82, 2.24) is 4.57 Å². The normalized spacial score (nSPS) is 15.1. The van der Waals surface area contributed by atoms with Gasteiger partial charge in [-0.2, -0.15) is 13.2 Å². The molecule has 0 atom stereocenters. The van der Waals surface area contributed by atoms with E-state index in [1.54, 1.807) is 21.6 Å². The number of fused-ring (bicyclic) bond motifs is 1. The summed E-state index contributed by atoms with van der Waals surface area (Å²) in [6.45, 7) is 4.51. The molecule has 2 heterocycles. The maximum atomic E-state index is 15.5. The molecule has 0 spiro atoms. The van der Waals surface area contributed by atoms with Crippen molar-refractivity contribution >= 4 is 33.2 Å². The van der Waals surface area contributed by atoms with E-state index in [1.807, 2.05) is 13.8 Å². The van der Waals surface area contributed by atoms with Crippen molar-refractivity contribution in [3.8, 4) is 0 Å². The van der Waals surface area contributed by atoms with Crippen molar-refractivity contribution in [3.63, 3.8) is 0 Å². The molecule has 13 heteroatoms. The molecule has 45 heavy (non-hydrogen) atoms. The number of oxime groups is 1. The largest absolute Gasteiger partial charge is 0.416 e. The molecular formula is C32H31F5N4O3S. The Labute approximate surface area is 258 Å². The molecule has 0 unspecified atom stereocenters. The number of anilines is 1. The summed E-state index contributed by atoms with van der Waals surface area (Å²) in [6, 6.07) is 13.1. The van der Waals surface area contributed by atoms with Gasteiger partial charge in [-0.15, -0.1) is 0 Å². The smallest absolute Gasteiger partial charge is 0.393 e. The summed E-state index contributed by atoms with van der Waals surface area (Å²) in [6.07, 6.45) is -3.08. The number of rotatable bonds is 8. The maximum Gasteiger partial charge on any atom is 0.416 e. The zero-order valence-corrected chi connectivity index (χ0v) is 25.4. The number of aromatic nitrogens is 1. The van der Waals surface area contributed by atoms with Gasteiger partial charge in [0.15, 0.2) is 5.84 Å². The summed E-state index contributed by atoms with van der Waals surface area (Å²) in [5.74, 6) is -0.559. The molecule has 5 rings (SSSR count). The van der Waals surface area contributed by atoms with Gasteiger partial charge in [0.2, 0.25) is 5.43 Å². The monoisotopic (exact) mass is 646 g/mol. The van der Waals surface area contributed by atoms with E-state index in [4.69, 9.17) is 10.6 Å². The number of pyridine rings is 1. The van der Waals surface area contributed by atoms with Gasteiger partial charge in [0, 0.05) is 58.9 Å². The summed E-state index contributed by atoms with van der Waals surface area (Å²) < 4.78 is 81.8. The molecule has 4 aromatic rings. The Morgan fingerprint density at radius 1 is 0.978 bits per heavy atom. The molecule has 238 valence electrons. The highest BCUT2D eigenvalue weighted by atomic mass is 32.2. The van der Waals surface area contributed by atoms with Gasteiger partial charge in [-0.25, -0.2) is 8.78 Å². The lowest BCUT2D eigenvalue weighted by Crippen LogP contribution is -2.38. The topological polar surface area (TPSA) is 89.9 Å². The van der Waals surface area contributed by atoms with Crippen molar-refractivity contribution in [2.45, 2.75) is 32.0 Å². The predicted molar refractivity (Wildman–Crippen MR) is 165 cm³/mol. The molecule has 0 saturated carbocycles. The minimum Gasteiger partial charge on any atom is -0.393 e. The van der Waals surface area contributed by atoms with E-state index in [0.717, 1.165) is 23.8 Å². The second-order valence-electron chi connectivity index (χ2n) is 11.5. The van der Waals surface area contributed by atoms with E-state index < -0.39 is 39.2 Å². The highest BCUT2D eigenvalue weighted by Crippen LogP contribution is 2.30. The molecule has 1 aliphatic rings. The lowest BCUT2D eigenvalue weighted by molar-refractivity contribution is -0.137. The minimum absolute atomic E-state index is 0.00830. The molecule has 2 N–H and O–H groups in total. The van der Waals surface area contributed by atoms with Gasteiger partial charge in [-0.3, -0.25) is 9.00 Å². The third kappa shape index (κ3) is 7.19. The first-order valence-electron chi connectivity index (χ1n) is 14.1. The Bertz CT molecular complexity index is 1810. The third-order valence-corrected chi connectivity index (χ3v) is 9.07. The third-order valence-electron chi connectivity index (χ3n) is 7.79. The van der Waals surface area contributed by atoms with Gasteiger partial charge in [-0.05, 0) is 47.5 Å². The first-order valence-corrected chi connectivity index (χ1v) is 15.6. The van der Waals surface area contributed by atoms with Crippen LogP contribution in [0.5, 0.6) is 0 Å². The number of alkyl halides is 3. The van der Waals surface area contributed by atoms with E-state index in [2.05, 4.69) is 5.16 Å². The average Bonchev–Trinajstić information content (AvgIpc) is 2.99. The van der Waals surface area contributed by atoms with Crippen molar-refractivity contribution in [1.29, 1.82) is 0 Å². The number of benzene rings is 3. The zero-order valence-electron chi connectivity index (χ0n) is 24.5. The maximum absolute atomic E-state index is 15.5. The number of halogens is 5. The molecule has 0 radical (unpaired) electrons. The van der Waals surface area contributed by atoms with Crippen LogP contribution >= 0.6 is 0 Å². The highest BCUT2D eigenvalue weighted by Gasteiger charge is 2.30. The van der Waals surface area contributed by atoms with Gasteiger partial charge >= 0.3 is 6.18 Å². The van der Waals surface area contributed by atoms with Crippen LogP contribution in [0.25, 0.3) is 10.9 Å². The molecule has 0 aliphatic carbocycles. The molecular weight excluding hydrogens is 615 g/mol. The van der Waals surface area contributed by atoms with Crippen LogP contribution < -0.4 is 16.1 Å². The number of nitrogens with zero attached hydrogens (tertiary/aromatic N) is 3. The Balaban J connectivity index is 1.53. The van der Waals surface area contributed by atoms with Crippen LogP contribution in [0.3, 0.4) is 0 Å². The summed E-state index contributed by atoms with van der Waals surface area (Å²) >= 11 is 0. The number of amidine groups is 1. The van der Waals surface area contributed by atoms with Crippen molar-refractivity contribution < 1.29 is 31.0 Å². The van der Waals surface area contributed by atoms with Crippen LogP contribution in [0.4, 0.5) is 27.6 Å². The van der Waals surface area contributed by atoms with E-state index in [-0.39, 0.29) is 41.4 Å². The SMILES string of the molecule is CC(C)(CO/N=C(\N)c1cn(Cc2ccc(C(F)(F)F)cc2)c2cc(N3CCS(=O)CC3)c(F)cc2c1=O)c1ccc(F)cc1. The zero-order chi connectivity index (χ0) is 32.5. The van der Waals surface area contributed by atoms with E-state index in [9.17, 15) is 26.6 Å². The standard InChI is InChI=1S/C32H31F5N4O3S/c1-31(2,21-7-9-23(33)10-8-21)19-44-39-30(38)25-18-41(17-20-3-5-22(6-4-20)32(35,36)37)27-16-28(26(34)15-24(27)29(25)42)40-11-13-45(43)14-12-40/h3-10,15-16,18H,11-14,17,19H2,1-2H3,(H2,38,39). The Morgan fingerprint density at radius 2 is 1.60 bits per heavy atom. The average molecular weight is 647 g/mol. The predicted octanol–water partition coefficient (Wildman–Crippen LogP) is 5.53. The van der Waals surface area contributed by atoms with Gasteiger partial charge in [0.1, 0.15) is 18.2 Å². The van der Waals surface area contributed by atoms with E-state index in [0.29, 0.717) is 35.7 Å². The fraction of sp³-hybridized carbons (Fsp3) is 0.312. The first-order chi connectivity index (χ1) is 21.2. The summed E-state index contributed by atoms with van der Waals surface area (Å²) in [4.78, 5) is 20.9. The lowest BCUT2D eigenvalue weighted by Gasteiger charge is -2.29. The number of hydrogen-bond donors (Lipinski definition) is 1. The molecule has 1 saturated heterocycles. The summed E-state index contributed by atoms with van der Waals surface area (Å²) in [5, 5.41) is 3.94. The van der Waals surface area contributed by atoms with Crippen molar-refractivity contribution in [2.24, 2.45) is 10.9 Å². The van der Waals surface area contributed by atoms with Crippen LogP contribution in [0, 0.1) is 11.6 Å². The lowest BCUT2D eigenvalue weighted by atomic mass is 9.86. The van der Waals surface area contributed by atoms with Gasteiger partial charge in [-0.1, -0.05) is 43.3 Å². The Kier molecular flexibility index (Phi) is 9.02. The fourth-order valence-electron chi connectivity index (χ4n) is 5.13. The minimum atomic E-state index is -4.50. The molecule has 3 aromatic carbocycles. The van der Waals surface area contributed by atoms with Crippen molar-refractivity contribution in [3.05, 3.63) is 111 Å². The van der Waals surface area contributed by atoms with Crippen LogP contribution in [0.1, 0.15) is 36.1 Å². The second-order valence-corrected chi connectivity index (χ2v) is 13.2. The van der Waals surface area contributed by atoms with Crippen molar-refractivity contribution in [2.75, 3.05) is 36.1 Å². The quantitative estimate of drug-likeness (QED) is 0.118. The van der Waals surface area contributed by atoms with Gasteiger partial charge in [0.25, 0.3) is 0 Å².